The van der Waals surface area contributed by atoms with Crippen molar-refractivity contribution in [2.45, 2.75) is 11.9 Å². The van der Waals surface area contributed by atoms with Gasteiger partial charge in [-0.2, -0.15) is 13.2 Å². The first-order valence-corrected chi connectivity index (χ1v) is 11.4. The van der Waals surface area contributed by atoms with Gasteiger partial charge in [-0.05, 0) is 45.3 Å². The molecule has 0 saturated carbocycles. The van der Waals surface area contributed by atoms with Gasteiger partial charge in [0.05, 0.1) is 22.2 Å². The predicted octanol–water partition coefficient (Wildman–Crippen LogP) is 5.29. The Balaban J connectivity index is 1.84. The van der Waals surface area contributed by atoms with Crippen LogP contribution in [0.1, 0.15) is 5.56 Å². The number of anilines is 1. The van der Waals surface area contributed by atoms with Crippen LogP contribution in [0.15, 0.2) is 54.6 Å². The highest BCUT2D eigenvalue weighted by Gasteiger charge is 2.39. The lowest BCUT2D eigenvalue weighted by molar-refractivity contribution is -0.167. The number of thiol groups is 1. The van der Waals surface area contributed by atoms with Crippen molar-refractivity contribution in [1.29, 1.82) is 0 Å². The number of aromatic nitrogens is 1. The second-order valence-corrected chi connectivity index (χ2v) is 8.78. The molecule has 0 aliphatic carbocycles. The number of rotatable bonds is 5. The lowest BCUT2D eigenvalue weighted by Crippen LogP contribution is -2.30. The van der Waals surface area contributed by atoms with Crippen LogP contribution in [0, 0.1) is 3.70 Å². The number of halogens is 5. The Morgan fingerprint density at radius 3 is 2.03 bits per heavy atom. The van der Waals surface area contributed by atoms with Crippen LogP contribution < -0.4 is 5.32 Å². The van der Waals surface area contributed by atoms with Crippen LogP contribution >= 0.6 is 34.2 Å². The predicted molar refractivity (Wildman–Crippen MR) is 122 cm³/mol. The summed E-state index contributed by atoms with van der Waals surface area (Å²) in [5.41, 5.74) is 3.32. The SMILES string of the molecule is O=C(Nc1cc(Cl)c(-c2ccc(-c3ccc(C[SH](=O)=O)cc3)cc2)nc1I)C(F)(F)F. The average molecular weight is 581 g/mol. The van der Waals surface area contributed by atoms with Crippen molar-refractivity contribution in [3.05, 3.63) is 68.9 Å². The number of benzene rings is 2. The number of nitrogens with zero attached hydrogens (tertiary/aromatic N) is 1. The maximum atomic E-state index is 12.5. The summed E-state index contributed by atoms with van der Waals surface area (Å²) >= 11 is 7.92. The van der Waals surface area contributed by atoms with Crippen molar-refractivity contribution < 1.29 is 26.4 Å². The van der Waals surface area contributed by atoms with Crippen LogP contribution in [0.2, 0.25) is 5.02 Å². The van der Waals surface area contributed by atoms with Gasteiger partial charge in [0.1, 0.15) is 14.4 Å². The standard InChI is InChI=1S/C20H13ClF3IN2O3S/c21-15-9-16(26-19(28)20(22,23)24)18(25)27-17(15)14-7-5-13(6-8-14)12-3-1-11(2-4-12)10-31(29)30/h1-9,31H,10H2,(H,26,28). The highest BCUT2D eigenvalue weighted by atomic mass is 127. The largest absolute Gasteiger partial charge is 0.471 e. The minimum absolute atomic E-state index is 0.0171. The monoisotopic (exact) mass is 580 g/mol. The van der Waals surface area contributed by atoms with Gasteiger partial charge in [0.15, 0.2) is 0 Å². The van der Waals surface area contributed by atoms with Crippen molar-refractivity contribution in [2.75, 3.05) is 5.32 Å². The lowest BCUT2D eigenvalue weighted by Gasteiger charge is -2.12. The molecule has 1 heterocycles. The van der Waals surface area contributed by atoms with E-state index in [1.807, 2.05) is 24.3 Å². The third-order valence-electron chi connectivity index (χ3n) is 4.19. The quantitative estimate of drug-likeness (QED) is 0.245. The number of amides is 1. The summed E-state index contributed by atoms with van der Waals surface area (Å²) in [7, 11) is -2.49. The van der Waals surface area contributed by atoms with Gasteiger partial charge in [0.2, 0.25) is 0 Å². The van der Waals surface area contributed by atoms with Crippen LogP contribution in [-0.4, -0.2) is 25.5 Å². The van der Waals surface area contributed by atoms with Crippen LogP contribution in [0.25, 0.3) is 22.4 Å². The molecule has 0 bridgehead atoms. The maximum Gasteiger partial charge on any atom is 0.471 e. The normalized spacial score (nSPS) is 11.5. The van der Waals surface area contributed by atoms with E-state index < -0.39 is 22.8 Å². The molecule has 162 valence electrons. The number of pyridine rings is 1. The molecule has 0 saturated heterocycles. The molecule has 1 aromatic heterocycles. The van der Waals surface area contributed by atoms with E-state index in [0.29, 0.717) is 16.8 Å². The molecule has 3 aromatic rings. The molecule has 1 N–H and O–H groups in total. The van der Waals surface area contributed by atoms with Crippen molar-refractivity contribution in [2.24, 2.45) is 0 Å². The van der Waals surface area contributed by atoms with Gasteiger partial charge in [0.25, 0.3) is 0 Å². The number of hydrogen-bond acceptors (Lipinski definition) is 4. The zero-order chi connectivity index (χ0) is 22.8. The van der Waals surface area contributed by atoms with Gasteiger partial charge in [-0.1, -0.05) is 60.1 Å². The summed E-state index contributed by atoms with van der Waals surface area (Å²) in [4.78, 5) is 15.4. The molecular weight excluding hydrogens is 568 g/mol. The minimum atomic E-state index is -5.02. The molecule has 0 spiro atoms. The molecule has 0 radical (unpaired) electrons. The number of alkyl halides is 3. The molecule has 0 unspecified atom stereocenters. The highest BCUT2D eigenvalue weighted by Crippen LogP contribution is 2.33. The summed E-state index contributed by atoms with van der Waals surface area (Å²) in [5, 5.41) is 1.85. The van der Waals surface area contributed by atoms with Gasteiger partial charge in [-0.3, -0.25) is 4.79 Å². The van der Waals surface area contributed by atoms with Crippen LogP contribution in [0.3, 0.4) is 0 Å². The summed E-state index contributed by atoms with van der Waals surface area (Å²) in [6.45, 7) is 0. The molecule has 0 fully saturated rings. The molecule has 3 rings (SSSR count). The van der Waals surface area contributed by atoms with E-state index in [0.717, 1.165) is 11.1 Å². The Kier molecular flexibility index (Phi) is 7.22. The zero-order valence-corrected chi connectivity index (χ0v) is 19.2. The Morgan fingerprint density at radius 1 is 1.00 bits per heavy atom. The Hall–Kier alpha value is -2.18. The van der Waals surface area contributed by atoms with E-state index in [-0.39, 0.29) is 20.2 Å². The van der Waals surface area contributed by atoms with Gasteiger partial charge in [0, 0.05) is 5.56 Å². The smallest absolute Gasteiger partial charge is 0.316 e. The molecule has 11 heteroatoms. The molecule has 2 aromatic carbocycles. The first kappa shape index (κ1) is 23.5. The summed E-state index contributed by atoms with van der Waals surface area (Å²) in [5.74, 6) is -2.12. The third kappa shape index (κ3) is 5.95. The van der Waals surface area contributed by atoms with Gasteiger partial charge < -0.3 is 5.32 Å². The fourth-order valence-electron chi connectivity index (χ4n) is 2.72. The molecule has 5 nitrogen and oxygen atoms in total. The molecule has 0 aliphatic rings. The molecule has 0 aliphatic heterocycles. The van der Waals surface area contributed by atoms with Crippen LogP contribution in [0.4, 0.5) is 18.9 Å². The third-order valence-corrected chi connectivity index (χ3v) is 5.93. The van der Waals surface area contributed by atoms with Crippen LogP contribution in [0.5, 0.6) is 0 Å². The minimum Gasteiger partial charge on any atom is -0.316 e. The van der Waals surface area contributed by atoms with Crippen LogP contribution in [-0.2, 0) is 21.3 Å². The van der Waals surface area contributed by atoms with Crippen molar-refractivity contribution in [3.63, 3.8) is 0 Å². The Morgan fingerprint density at radius 2 is 1.52 bits per heavy atom. The van der Waals surface area contributed by atoms with E-state index in [9.17, 15) is 26.4 Å². The van der Waals surface area contributed by atoms with Crippen molar-refractivity contribution in [3.8, 4) is 22.4 Å². The fraction of sp³-hybridized carbons (Fsp3) is 0.100. The fourth-order valence-corrected chi connectivity index (χ4v) is 4.02. The second kappa shape index (κ2) is 9.53. The molecule has 31 heavy (non-hydrogen) atoms. The Bertz CT molecular complexity index is 1190. The molecule has 1 amide bonds. The topological polar surface area (TPSA) is 76.1 Å². The van der Waals surface area contributed by atoms with Crippen molar-refractivity contribution >= 4 is 56.5 Å². The number of carbonyl (C=O) groups is 1. The molecule has 0 atom stereocenters. The van der Waals surface area contributed by atoms with E-state index in [4.69, 9.17) is 11.6 Å². The van der Waals surface area contributed by atoms with E-state index in [2.05, 4.69) is 4.98 Å². The number of carbonyl (C=O) groups excluding carboxylic acids is 1. The Labute approximate surface area is 195 Å². The summed E-state index contributed by atoms with van der Waals surface area (Å²) in [6.07, 6.45) is -5.02. The summed E-state index contributed by atoms with van der Waals surface area (Å²) in [6, 6.07) is 15.5. The maximum absolute atomic E-state index is 12.5. The summed E-state index contributed by atoms with van der Waals surface area (Å²) < 4.78 is 59.2. The first-order chi connectivity index (χ1) is 14.5. The first-order valence-electron chi connectivity index (χ1n) is 8.60. The van der Waals surface area contributed by atoms with Gasteiger partial charge >= 0.3 is 12.1 Å². The van der Waals surface area contributed by atoms with E-state index in [1.165, 1.54) is 6.07 Å². The highest BCUT2D eigenvalue weighted by molar-refractivity contribution is 14.1. The molecular formula is C20H13ClF3IN2O3S. The van der Waals surface area contributed by atoms with Gasteiger partial charge in [-0.25, -0.2) is 13.4 Å². The van der Waals surface area contributed by atoms with E-state index in [1.54, 1.807) is 52.2 Å². The zero-order valence-electron chi connectivity index (χ0n) is 15.4. The van der Waals surface area contributed by atoms with Crippen molar-refractivity contribution in [1.82, 2.24) is 4.98 Å². The average Bonchev–Trinajstić information content (AvgIpc) is 2.70. The number of nitrogens with one attached hydrogen (secondary N) is 1. The second-order valence-electron chi connectivity index (χ2n) is 6.37. The van der Waals surface area contributed by atoms with Gasteiger partial charge in [-0.15, -0.1) is 0 Å². The number of hydrogen-bond donors (Lipinski definition) is 2. The van der Waals surface area contributed by atoms with E-state index >= 15 is 0 Å². The lowest BCUT2D eigenvalue weighted by atomic mass is 10.0.